The first-order valence-electron chi connectivity index (χ1n) is 8.10. The van der Waals surface area contributed by atoms with E-state index in [2.05, 4.69) is 44.3 Å². The fourth-order valence-electron chi connectivity index (χ4n) is 3.33. The van der Waals surface area contributed by atoms with Crippen LogP contribution in [0.25, 0.3) is 0 Å². The number of benzene rings is 2. The Morgan fingerprint density at radius 3 is 2.76 bits per heavy atom. The third-order valence-electron chi connectivity index (χ3n) is 4.38. The lowest BCUT2D eigenvalue weighted by atomic mass is 9.95. The van der Waals surface area contributed by atoms with Gasteiger partial charge in [0.05, 0.1) is 25.1 Å². The van der Waals surface area contributed by atoms with E-state index in [1.807, 2.05) is 36.4 Å². The first kappa shape index (κ1) is 16.1. The maximum atomic E-state index is 12.5. The van der Waals surface area contributed by atoms with Crippen LogP contribution < -0.4 is 5.32 Å². The number of amides is 1. The van der Waals surface area contributed by atoms with Gasteiger partial charge in [-0.2, -0.15) is 0 Å². The fourth-order valence-corrected chi connectivity index (χ4v) is 3.70. The van der Waals surface area contributed by atoms with Gasteiger partial charge in [-0.25, -0.2) is 0 Å². The predicted octanol–water partition coefficient (Wildman–Crippen LogP) is 4.59. The summed E-state index contributed by atoms with van der Waals surface area (Å²) in [6, 6.07) is 18.2. The minimum atomic E-state index is -0.0254. The second kappa shape index (κ2) is 6.86. The summed E-state index contributed by atoms with van der Waals surface area (Å²) >= 11 is 3.57. The summed E-state index contributed by atoms with van der Waals surface area (Å²) in [4.78, 5) is 14.6. The van der Waals surface area contributed by atoms with Crippen molar-refractivity contribution in [3.8, 4) is 0 Å². The molecule has 0 aliphatic carbocycles. The number of fused-ring (bicyclic) bond motifs is 1. The van der Waals surface area contributed by atoms with Gasteiger partial charge < -0.3 is 9.73 Å². The number of rotatable bonds is 3. The van der Waals surface area contributed by atoms with E-state index in [9.17, 15) is 4.79 Å². The van der Waals surface area contributed by atoms with Gasteiger partial charge in [0, 0.05) is 22.3 Å². The zero-order valence-electron chi connectivity index (χ0n) is 13.5. The maximum Gasteiger partial charge on any atom is 0.238 e. The quantitative estimate of drug-likeness (QED) is 0.704. The third-order valence-corrected chi connectivity index (χ3v) is 4.87. The molecule has 3 aromatic rings. The lowest BCUT2D eigenvalue weighted by molar-refractivity contribution is -0.117. The number of hydrogen-bond donors (Lipinski definition) is 1. The highest BCUT2D eigenvalue weighted by Crippen LogP contribution is 2.37. The highest BCUT2D eigenvalue weighted by Gasteiger charge is 2.30. The van der Waals surface area contributed by atoms with Crippen LogP contribution in [0.4, 0.5) is 5.69 Å². The van der Waals surface area contributed by atoms with Crippen LogP contribution in [0.5, 0.6) is 0 Å². The molecule has 4 rings (SSSR count). The third kappa shape index (κ3) is 3.38. The number of nitrogens with zero attached hydrogens (tertiary/aromatic N) is 1. The molecule has 0 saturated carbocycles. The number of anilines is 1. The van der Waals surface area contributed by atoms with E-state index in [1.54, 1.807) is 12.5 Å². The first-order chi connectivity index (χ1) is 12.2. The zero-order valence-corrected chi connectivity index (χ0v) is 15.1. The number of halogens is 1. The number of carbonyl (C=O) groups is 1. The van der Waals surface area contributed by atoms with Gasteiger partial charge in [0.2, 0.25) is 5.91 Å². The molecule has 2 heterocycles. The highest BCUT2D eigenvalue weighted by atomic mass is 79.9. The largest absolute Gasteiger partial charge is 0.472 e. The molecular formula is C20H17BrN2O2. The molecule has 0 bridgehead atoms. The number of carbonyl (C=O) groups excluding carboxylic acids is 1. The van der Waals surface area contributed by atoms with Gasteiger partial charge in [-0.1, -0.05) is 46.3 Å². The van der Waals surface area contributed by atoms with E-state index in [-0.39, 0.29) is 11.9 Å². The molecule has 2 aromatic carbocycles. The molecule has 0 saturated heterocycles. The molecule has 1 atom stereocenters. The van der Waals surface area contributed by atoms with Crippen LogP contribution in [-0.4, -0.2) is 17.4 Å². The van der Waals surface area contributed by atoms with Gasteiger partial charge in [0.1, 0.15) is 0 Å². The first-order valence-corrected chi connectivity index (χ1v) is 8.89. The smallest absolute Gasteiger partial charge is 0.238 e. The van der Waals surface area contributed by atoms with Gasteiger partial charge in [0.15, 0.2) is 0 Å². The average molecular weight is 397 g/mol. The maximum absolute atomic E-state index is 12.5. The van der Waals surface area contributed by atoms with Crippen LogP contribution in [0.3, 0.4) is 0 Å². The van der Waals surface area contributed by atoms with Crippen molar-refractivity contribution in [1.82, 2.24) is 4.90 Å². The molecule has 5 heteroatoms. The van der Waals surface area contributed by atoms with Crippen molar-refractivity contribution in [3.05, 3.63) is 88.3 Å². The van der Waals surface area contributed by atoms with Crippen LogP contribution in [0, 0.1) is 0 Å². The summed E-state index contributed by atoms with van der Waals surface area (Å²) in [7, 11) is 0. The van der Waals surface area contributed by atoms with E-state index in [0.717, 1.165) is 26.9 Å². The fraction of sp³-hybridized carbons (Fsp3) is 0.150. The molecule has 1 aliphatic heterocycles. The standard InChI is InChI=1S/C20H17BrN2O2/c21-16-6-7-18-17(10-16)20(15-4-2-1-3-5-15)23(12-19(24)22-18)11-14-8-9-25-13-14/h1-10,13,20H,11-12H2,(H,22,24). The lowest BCUT2D eigenvalue weighted by Crippen LogP contribution is -2.33. The van der Waals surface area contributed by atoms with E-state index >= 15 is 0 Å². The Morgan fingerprint density at radius 2 is 2.00 bits per heavy atom. The Morgan fingerprint density at radius 1 is 1.16 bits per heavy atom. The van der Waals surface area contributed by atoms with Gasteiger partial charge in [-0.3, -0.25) is 9.69 Å². The molecule has 1 amide bonds. The van der Waals surface area contributed by atoms with Crippen molar-refractivity contribution in [2.24, 2.45) is 0 Å². The van der Waals surface area contributed by atoms with Crippen molar-refractivity contribution in [3.63, 3.8) is 0 Å². The molecule has 1 N–H and O–H groups in total. The summed E-state index contributed by atoms with van der Waals surface area (Å²) < 4.78 is 6.20. The van der Waals surface area contributed by atoms with Gasteiger partial charge in [-0.05, 0) is 35.4 Å². The molecular weight excluding hydrogens is 380 g/mol. The number of nitrogens with one attached hydrogen (secondary N) is 1. The Labute approximate surface area is 154 Å². The summed E-state index contributed by atoms with van der Waals surface area (Å²) in [5, 5.41) is 3.03. The summed E-state index contributed by atoms with van der Waals surface area (Å²) in [5.41, 5.74) is 4.14. The van der Waals surface area contributed by atoms with E-state index < -0.39 is 0 Å². The Kier molecular flexibility index (Phi) is 4.42. The van der Waals surface area contributed by atoms with Gasteiger partial charge in [0.25, 0.3) is 0 Å². The molecule has 25 heavy (non-hydrogen) atoms. The van der Waals surface area contributed by atoms with E-state index in [0.29, 0.717) is 13.1 Å². The lowest BCUT2D eigenvalue weighted by Gasteiger charge is -2.30. The van der Waals surface area contributed by atoms with Gasteiger partial charge in [-0.15, -0.1) is 0 Å². The predicted molar refractivity (Wildman–Crippen MR) is 100 cm³/mol. The van der Waals surface area contributed by atoms with Crippen LogP contribution in [0.1, 0.15) is 22.7 Å². The van der Waals surface area contributed by atoms with Gasteiger partial charge >= 0.3 is 0 Å². The van der Waals surface area contributed by atoms with Crippen molar-refractivity contribution >= 4 is 27.5 Å². The van der Waals surface area contributed by atoms with Crippen LogP contribution >= 0.6 is 15.9 Å². The Hall–Kier alpha value is -2.37. The van der Waals surface area contributed by atoms with E-state index in [1.165, 1.54) is 0 Å². The second-order valence-corrected chi connectivity index (χ2v) is 7.05. The highest BCUT2D eigenvalue weighted by molar-refractivity contribution is 9.10. The molecule has 1 aromatic heterocycles. The van der Waals surface area contributed by atoms with Crippen LogP contribution in [0.2, 0.25) is 0 Å². The van der Waals surface area contributed by atoms with Crippen molar-refractivity contribution in [2.45, 2.75) is 12.6 Å². The molecule has 4 nitrogen and oxygen atoms in total. The zero-order chi connectivity index (χ0) is 17.2. The molecule has 0 spiro atoms. The molecule has 1 aliphatic rings. The summed E-state index contributed by atoms with van der Waals surface area (Å²) in [5.74, 6) is -0.00880. The van der Waals surface area contributed by atoms with Crippen LogP contribution in [-0.2, 0) is 11.3 Å². The molecule has 1 unspecified atom stereocenters. The minimum Gasteiger partial charge on any atom is -0.472 e. The Balaban J connectivity index is 1.84. The van der Waals surface area contributed by atoms with Crippen molar-refractivity contribution < 1.29 is 9.21 Å². The Bertz CT molecular complexity index is 878. The number of furan rings is 1. The van der Waals surface area contributed by atoms with E-state index in [4.69, 9.17) is 4.42 Å². The van der Waals surface area contributed by atoms with Crippen LogP contribution in [0.15, 0.2) is 76.0 Å². The molecule has 0 radical (unpaired) electrons. The average Bonchev–Trinajstić information content (AvgIpc) is 3.06. The number of hydrogen-bond acceptors (Lipinski definition) is 3. The molecule has 126 valence electrons. The minimum absolute atomic E-state index is 0.00880. The van der Waals surface area contributed by atoms with Crippen molar-refractivity contribution in [1.29, 1.82) is 0 Å². The second-order valence-electron chi connectivity index (χ2n) is 6.13. The molecule has 0 fully saturated rings. The topological polar surface area (TPSA) is 45.5 Å². The summed E-state index contributed by atoms with van der Waals surface area (Å²) in [6.45, 7) is 0.951. The normalized spacial score (nSPS) is 17.6. The SMILES string of the molecule is O=C1CN(Cc2ccoc2)C(c2ccccc2)c2cc(Br)ccc2N1. The van der Waals surface area contributed by atoms with Crippen molar-refractivity contribution in [2.75, 3.05) is 11.9 Å². The monoisotopic (exact) mass is 396 g/mol. The summed E-state index contributed by atoms with van der Waals surface area (Å²) in [6.07, 6.45) is 3.39.